The Morgan fingerprint density at radius 1 is 1.22 bits per heavy atom. The molecule has 18 heavy (non-hydrogen) atoms. The molecule has 0 saturated heterocycles. The van der Waals surface area contributed by atoms with Crippen LogP contribution < -0.4 is 10.2 Å². The molecule has 0 unspecified atom stereocenters. The van der Waals surface area contributed by atoms with Crippen LogP contribution in [0.4, 0.5) is 10.8 Å². The molecule has 96 valence electrons. The molecule has 0 aliphatic carbocycles. The molecular formula is C14H19N3S. The Morgan fingerprint density at radius 2 is 2.00 bits per heavy atom. The molecule has 0 saturated carbocycles. The molecule has 0 radical (unpaired) electrons. The van der Waals surface area contributed by atoms with E-state index >= 15 is 0 Å². The second kappa shape index (κ2) is 6.52. The largest absolute Gasteiger partial charge is 0.318 e. The molecule has 1 aromatic carbocycles. The number of nitrogens with one attached hydrogen (secondary N) is 1. The van der Waals surface area contributed by atoms with Gasteiger partial charge < -0.3 is 10.2 Å². The van der Waals surface area contributed by atoms with E-state index in [4.69, 9.17) is 0 Å². The molecule has 1 heterocycles. The van der Waals surface area contributed by atoms with E-state index in [0.717, 1.165) is 30.5 Å². The standard InChI is InChI=1S/C14H19N3S/c1-3-15-10-12-11-18-14(16-12)17(4-2)13-8-6-5-7-9-13/h5-9,11,15H,3-4,10H2,1-2H3. The van der Waals surface area contributed by atoms with E-state index in [9.17, 15) is 0 Å². The van der Waals surface area contributed by atoms with E-state index < -0.39 is 0 Å². The molecule has 0 atom stereocenters. The summed E-state index contributed by atoms with van der Waals surface area (Å²) in [5.41, 5.74) is 2.32. The van der Waals surface area contributed by atoms with Crippen LogP contribution in [0.25, 0.3) is 0 Å². The van der Waals surface area contributed by atoms with Crippen molar-refractivity contribution >= 4 is 22.2 Å². The van der Waals surface area contributed by atoms with Gasteiger partial charge >= 0.3 is 0 Å². The predicted octanol–water partition coefficient (Wildman–Crippen LogP) is 3.41. The number of rotatable bonds is 6. The maximum absolute atomic E-state index is 4.68. The zero-order chi connectivity index (χ0) is 12.8. The Balaban J connectivity index is 2.15. The van der Waals surface area contributed by atoms with Gasteiger partial charge in [0.15, 0.2) is 5.13 Å². The number of aromatic nitrogens is 1. The molecule has 2 aromatic rings. The van der Waals surface area contributed by atoms with Crippen LogP contribution in [0, 0.1) is 0 Å². The van der Waals surface area contributed by atoms with Gasteiger partial charge in [0.25, 0.3) is 0 Å². The van der Waals surface area contributed by atoms with Crippen LogP contribution in [0.2, 0.25) is 0 Å². The highest BCUT2D eigenvalue weighted by atomic mass is 32.1. The maximum Gasteiger partial charge on any atom is 0.190 e. The van der Waals surface area contributed by atoms with E-state index in [-0.39, 0.29) is 0 Å². The second-order valence-corrected chi connectivity index (χ2v) is 4.82. The molecule has 3 nitrogen and oxygen atoms in total. The Hall–Kier alpha value is -1.39. The molecular weight excluding hydrogens is 242 g/mol. The van der Waals surface area contributed by atoms with Crippen molar-refractivity contribution in [1.82, 2.24) is 10.3 Å². The summed E-state index contributed by atoms with van der Waals surface area (Å²) in [4.78, 5) is 6.91. The van der Waals surface area contributed by atoms with Crippen molar-refractivity contribution in [3.05, 3.63) is 41.4 Å². The molecule has 1 aromatic heterocycles. The number of benzene rings is 1. The minimum absolute atomic E-state index is 0.847. The van der Waals surface area contributed by atoms with Crippen LogP contribution in [0.5, 0.6) is 0 Å². The highest BCUT2D eigenvalue weighted by Crippen LogP contribution is 2.27. The van der Waals surface area contributed by atoms with Crippen molar-refractivity contribution in [2.45, 2.75) is 20.4 Å². The fourth-order valence-electron chi connectivity index (χ4n) is 1.79. The third-order valence-corrected chi connectivity index (χ3v) is 3.62. The number of hydrogen-bond acceptors (Lipinski definition) is 4. The van der Waals surface area contributed by atoms with Crippen LogP contribution in [0.15, 0.2) is 35.7 Å². The molecule has 0 bridgehead atoms. The smallest absolute Gasteiger partial charge is 0.190 e. The Labute approximate surface area is 112 Å². The quantitative estimate of drug-likeness (QED) is 0.863. The summed E-state index contributed by atoms with van der Waals surface area (Å²) in [6.07, 6.45) is 0. The van der Waals surface area contributed by atoms with E-state index in [0.29, 0.717) is 0 Å². The van der Waals surface area contributed by atoms with Crippen molar-refractivity contribution in [3.63, 3.8) is 0 Å². The van der Waals surface area contributed by atoms with E-state index in [1.165, 1.54) is 5.69 Å². The molecule has 2 rings (SSSR count). The zero-order valence-corrected chi connectivity index (χ0v) is 11.7. The molecule has 0 fully saturated rings. The molecule has 0 aliphatic heterocycles. The summed E-state index contributed by atoms with van der Waals surface area (Å²) < 4.78 is 0. The van der Waals surface area contributed by atoms with Gasteiger partial charge in [-0.25, -0.2) is 4.98 Å². The number of para-hydroxylation sites is 1. The van der Waals surface area contributed by atoms with Gasteiger partial charge in [0.1, 0.15) is 0 Å². The fourth-order valence-corrected chi connectivity index (χ4v) is 2.70. The first-order valence-corrected chi connectivity index (χ1v) is 7.20. The highest BCUT2D eigenvalue weighted by molar-refractivity contribution is 7.13. The highest BCUT2D eigenvalue weighted by Gasteiger charge is 2.10. The van der Waals surface area contributed by atoms with Gasteiger partial charge in [0, 0.05) is 24.2 Å². The summed E-state index contributed by atoms with van der Waals surface area (Å²) >= 11 is 1.70. The first-order chi connectivity index (χ1) is 8.85. The van der Waals surface area contributed by atoms with Crippen molar-refractivity contribution < 1.29 is 0 Å². The lowest BCUT2D eigenvalue weighted by Gasteiger charge is -2.19. The molecule has 0 amide bonds. The molecule has 1 N–H and O–H groups in total. The lowest BCUT2D eigenvalue weighted by atomic mass is 10.3. The summed E-state index contributed by atoms with van der Waals surface area (Å²) in [5, 5.41) is 6.50. The summed E-state index contributed by atoms with van der Waals surface area (Å²) in [5.74, 6) is 0. The van der Waals surface area contributed by atoms with Crippen LogP contribution >= 0.6 is 11.3 Å². The lowest BCUT2D eigenvalue weighted by Crippen LogP contribution is -2.16. The minimum atomic E-state index is 0.847. The van der Waals surface area contributed by atoms with Crippen LogP contribution in [0.1, 0.15) is 19.5 Å². The number of anilines is 2. The summed E-state index contributed by atoms with van der Waals surface area (Å²) in [7, 11) is 0. The van der Waals surface area contributed by atoms with Gasteiger partial charge in [0.05, 0.1) is 5.69 Å². The lowest BCUT2D eigenvalue weighted by molar-refractivity contribution is 0.714. The third-order valence-electron chi connectivity index (χ3n) is 2.71. The Morgan fingerprint density at radius 3 is 2.67 bits per heavy atom. The number of thiazole rings is 1. The average molecular weight is 261 g/mol. The van der Waals surface area contributed by atoms with Gasteiger partial charge in [-0.2, -0.15) is 0 Å². The van der Waals surface area contributed by atoms with E-state index in [1.54, 1.807) is 11.3 Å². The van der Waals surface area contributed by atoms with Crippen molar-refractivity contribution in [2.24, 2.45) is 0 Å². The van der Waals surface area contributed by atoms with E-state index in [2.05, 4.69) is 58.7 Å². The van der Waals surface area contributed by atoms with Crippen LogP contribution in [-0.2, 0) is 6.54 Å². The molecule has 0 aliphatic rings. The SMILES string of the molecule is CCNCc1csc(N(CC)c2ccccc2)n1. The fraction of sp³-hybridized carbons (Fsp3) is 0.357. The number of nitrogens with zero attached hydrogens (tertiary/aromatic N) is 2. The molecule has 0 spiro atoms. The maximum atomic E-state index is 4.68. The van der Waals surface area contributed by atoms with Gasteiger partial charge in [-0.05, 0) is 25.6 Å². The van der Waals surface area contributed by atoms with Gasteiger partial charge in [-0.1, -0.05) is 25.1 Å². The van der Waals surface area contributed by atoms with E-state index in [1.807, 2.05) is 6.07 Å². The average Bonchev–Trinajstić information content (AvgIpc) is 2.87. The first kappa shape index (κ1) is 13.1. The van der Waals surface area contributed by atoms with Gasteiger partial charge in [0.2, 0.25) is 0 Å². The Kier molecular flexibility index (Phi) is 4.73. The second-order valence-electron chi connectivity index (χ2n) is 3.98. The summed E-state index contributed by atoms with van der Waals surface area (Å²) in [6.45, 7) is 7.01. The van der Waals surface area contributed by atoms with Crippen molar-refractivity contribution in [3.8, 4) is 0 Å². The van der Waals surface area contributed by atoms with Gasteiger partial charge in [-0.3, -0.25) is 0 Å². The predicted molar refractivity (Wildman–Crippen MR) is 78.6 cm³/mol. The third kappa shape index (κ3) is 3.09. The zero-order valence-electron chi connectivity index (χ0n) is 10.9. The number of hydrogen-bond donors (Lipinski definition) is 1. The van der Waals surface area contributed by atoms with Crippen LogP contribution in [-0.4, -0.2) is 18.1 Å². The van der Waals surface area contributed by atoms with Crippen molar-refractivity contribution in [2.75, 3.05) is 18.0 Å². The van der Waals surface area contributed by atoms with Crippen LogP contribution in [0.3, 0.4) is 0 Å². The topological polar surface area (TPSA) is 28.2 Å². The normalized spacial score (nSPS) is 10.6. The first-order valence-electron chi connectivity index (χ1n) is 6.32. The van der Waals surface area contributed by atoms with Crippen molar-refractivity contribution in [1.29, 1.82) is 0 Å². The monoisotopic (exact) mass is 261 g/mol. The molecule has 4 heteroatoms. The Bertz CT molecular complexity index is 467. The minimum Gasteiger partial charge on any atom is -0.318 e. The summed E-state index contributed by atoms with van der Waals surface area (Å²) in [6, 6.07) is 10.4. The van der Waals surface area contributed by atoms with Gasteiger partial charge in [-0.15, -0.1) is 11.3 Å².